The monoisotopic (exact) mass is 362 g/mol. The number of sulfonamides is 1. The van der Waals surface area contributed by atoms with Gasteiger partial charge in [0.25, 0.3) is 10.0 Å². The van der Waals surface area contributed by atoms with Gasteiger partial charge in [0, 0.05) is 23.8 Å². The van der Waals surface area contributed by atoms with E-state index in [1.54, 1.807) is 24.0 Å². The smallest absolute Gasteiger partial charge is 0.261 e. The SMILES string of the molecule is CCC(=O)N1c2ccc(S(=O)(=O)Nc3ccc(F)cc3)cc2C[C@@H]1C. The zero-order valence-electron chi connectivity index (χ0n) is 14.0. The number of halogens is 1. The van der Waals surface area contributed by atoms with Crippen LogP contribution < -0.4 is 9.62 Å². The Morgan fingerprint density at radius 2 is 1.92 bits per heavy atom. The summed E-state index contributed by atoms with van der Waals surface area (Å²) < 4.78 is 40.5. The molecule has 5 nitrogen and oxygen atoms in total. The number of nitrogens with one attached hydrogen (secondary N) is 1. The Morgan fingerprint density at radius 1 is 1.24 bits per heavy atom. The number of nitrogens with zero attached hydrogens (tertiary/aromatic N) is 1. The van der Waals surface area contributed by atoms with E-state index in [2.05, 4.69) is 4.72 Å². The van der Waals surface area contributed by atoms with E-state index in [1.165, 1.54) is 30.3 Å². The van der Waals surface area contributed by atoms with Gasteiger partial charge in [-0.3, -0.25) is 9.52 Å². The number of rotatable bonds is 4. The van der Waals surface area contributed by atoms with Gasteiger partial charge in [0.1, 0.15) is 5.82 Å². The highest BCUT2D eigenvalue weighted by Gasteiger charge is 2.31. The summed E-state index contributed by atoms with van der Waals surface area (Å²) in [6.07, 6.45) is 1.01. The van der Waals surface area contributed by atoms with Crippen LogP contribution >= 0.6 is 0 Å². The molecule has 1 heterocycles. The lowest BCUT2D eigenvalue weighted by Crippen LogP contribution is -2.35. The number of fused-ring (bicyclic) bond motifs is 1. The second-order valence-electron chi connectivity index (χ2n) is 6.07. The molecule has 0 spiro atoms. The van der Waals surface area contributed by atoms with E-state index in [0.717, 1.165) is 11.3 Å². The maximum atomic E-state index is 13.0. The third-order valence-electron chi connectivity index (χ3n) is 4.24. The Morgan fingerprint density at radius 3 is 2.56 bits per heavy atom. The lowest BCUT2D eigenvalue weighted by Gasteiger charge is -2.22. The molecule has 2 aromatic rings. The second kappa shape index (κ2) is 6.48. The number of anilines is 2. The Bertz CT molecular complexity index is 910. The molecule has 132 valence electrons. The molecule has 0 radical (unpaired) electrons. The van der Waals surface area contributed by atoms with Crippen molar-refractivity contribution in [3.63, 3.8) is 0 Å². The molecule has 0 saturated carbocycles. The average molecular weight is 362 g/mol. The number of amides is 1. The van der Waals surface area contributed by atoms with Crippen LogP contribution in [-0.2, 0) is 21.2 Å². The molecular weight excluding hydrogens is 343 g/mol. The Hall–Kier alpha value is -2.41. The summed E-state index contributed by atoms with van der Waals surface area (Å²) in [6.45, 7) is 3.75. The van der Waals surface area contributed by atoms with E-state index in [9.17, 15) is 17.6 Å². The van der Waals surface area contributed by atoms with Gasteiger partial charge >= 0.3 is 0 Å². The topological polar surface area (TPSA) is 66.5 Å². The Kier molecular flexibility index (Phi) is 4.51. The lowest BCUT2D eigenvalue weighted by atomic mass is 10.1. The van der Waals surface area contributed by atoms with Crippen molar-refractivity contribution >= 4 is 27.3 Å². The van der Waals surface area contributed by atoms with Crippen LogP contribution in [0.5, 0.6) is 0 Å². The molecule has 0 aliphatic carbocycles. The fraction of sp³-hybridized carbons (Fsp3) is 0.278. The van der Waals surface area contributed by atoms with Crippen molar-refractivity contribution in [1.29, 1.82) is 0 Å². The first-order valence-corrected chi connectivity index (χ1v) is 9.53. The molecule has 1 aliphatic heterocycles. The van der Waals surface area contributed by atoms with E-state index in [4.69, 9.17) is 0 Å². The van der Waals surface area contributed by atoms with Gasteiger partial charge in [-0.25, -0.2) is 12.8 Å². The predicted molar refractivity (Wildman–Crippen MR) is 94.6 cm³/mol. The fourth-order valence-electron chi connectivity index (χ4n) is 3.06. The van der Waals surface area contributed by atoms with Crippen molar-refractivity contribution in [3.05, 3.63) is 53.8 Å². The first kappa shape index (κ1) is 17.4. The molecule has 1 amide bonds. The molecular formula is C18H19FN2O3S. The van der Waals surface area contributed by atoms with Gasteiger partial charge in [0.15, 0.2) is 0 Å². The zero-order chi connectivity index (χ0) is 18.2. The summed E-state index contributed by atoms with van der Waals surface area (Å²) in [5.74, 6) is -0.415. The largest absolute Gasteiger partial charge is 0.309 e. The number of carbonyl (C=O) groups excluding carboxylic acids is 1. The van der Waals surface area contributed by atoms with E-state index in [-0.39, 0.29) is 22.5 Å². The van der Waals surface area contributed by atoms with Crippen molar-refractivity contribution in [1.82, 2.24) is 0 Å². The van der Waals surface area contributed by atoms with E-state index >= 15 is 0 Å². The van der Waals surface area contributed by atoms with Crippen LogP contribution in [0.1, 0.15) is 25.8 Å². The van der Waals surface area contributed by atoms with Crippen molar-refractivity contribution < 1.29 is 17.6 Å². The number of hydrogen-bond acceptors (Lipinski definition) is 3. The van der Waals surface area contributed by atoms with E-state index in [0.29, 0.717) is 12.8 Å². The molecule has 0 unspecified atom stereocenters. The number of benzene rings is 2. The van der Waals surface area contributed by atoms with E-state index < -0.39 is 15.8 Å². The molecule has 1 N–H and O–H groups in total. The molecule has 0 bridgehead atoms. The van der Waals surface area contributed by atoms with Crippen LogP contribution in [0.25, 0.3) is 0 Å². The van der Waals surface area contributed by atoms with Crippen LogP contribution in [0.15, 0.2) is 47.4 Å². The normalized spacial score (nSPS) is 16.6. The van der Waals surface area contributed by atoms with Crippen molar-refractivity contribution in [2.24, 2.45) is 0 Å². The van der Waals surface area contributed by atoms with Crippen LogP contribution in [0.2, 0.25) is 0 Å². The molecule has 0 fully saturated rings. The van der Waals surface area contributed by atoms with Gasteiger partial charge in [0.2, 0.25) is 5.91 Å². The molecule has 3 rings (SSSR count). The Balaban J connectivity index is 1.90. The molecule has 1 atom stereocenters. The van der Waals surface area contributed by atoms with Gasteiger partial charge in [-0.1, -0.05) is 6.92 Å². The lowest BCUT2D eigenvalue weighted by molar-refractivity contribution is -0.118. The molecule has 0 aromatic heterocycles. The second-order valence-corrected chi connectivity index (χ2v) is 7.76. The summed E-state index contributed by atoms with van der Waals surface area (Å²) >= 11 is 0. The van der Waals surface area contributed by atoms with Crippen molar-refractivity contribution in [2.75, 3.05) is 9.62 Å². The molecule has 7 heteroatoms. The predicted octanol–water partition coefficient (Wildman–Crippen LogP) is 3.31. The van der Waals surface area contributed by atoms with Crippen molar-refractivity contribution in [3.8, 4) is 0 Å². The van der Waals surface area contributed by atoms with Crippen LogP contribution in [0, 0.1) is 5.82 Å². The third kappa shape index (κ3) is 3.37. The highest BCUT2D eigenvalue weighted by atomic mass is 32.2. The summed E-state index contributed by atoms with van der Waals surface area (Å²) in [5.41, 5.74) is 1.88. The number of hydrogen-bond donors (Lipinski definition) is 1. The summed E-state index contributed by atoms with van der Waals surface area (Å²) in [6, 6.07) is 9.87. The molecule has 25 heavy (non-hydrogen) atoms. The van der Waals surface area contributed by atoms with Gasteiger partial charge < -0.3 is 4.90 Å². The molecule has 1 aliphatic rings. The van der Waals surface area contributed by atoms with Crippen LogP contribution in [0.3, 0.4) is 0 Å². The third-order valence-corrected chi connectivity index (χ3v) is 5.62. The van der Waals surface area contributed by atoms with Gasteiger partial charge in [-0.05, 0) is 61.4 Å². The summed E-state index contributed by atoms with van der Waals surface area (Å²) in [7, 11) is -3.78. The first-order valence-electron chi connectivity index (χ1n) is 8.05. The maximum Gasteiger partial charge on any atom is 0.261 e. The van der Waals surface area contributed by atoms with Gasteiger partial charge in [-0.15, -0.1) is 0 Å². The van der Waals surface area contributed by atoms with Gasteiger partial charge in [-0.2, -0.15) is 0 Å². The fourth-order valence-corrected chi connectivity index (χ4v) is 4.17. The first-order chi connectivity index (χ1) is 11.8. The van der Waals surface area contributed by atoms with Crippen LogP contribution in [0.4, 0.5) is 15.8 Å². The quantitative estimate of drug-likeness (QED) is 0.907. The molecule has 2 aromatic carbocycles. The Labute approximate surface area is 146 Å². The van der Waals surface area contributed by atoms with E-state index in [1.807, 2.05) is 6.92 Å². The highest BCUT2D eigenvalue weighted by molar-refractivity contribution is 7.92. The zero-order valence-corrected chi connectivity index (χ0v) is 14.8. The van der Waals surface area contributed by atoms with Crippen LogP contribution in [-0.4, -0.2) is 20.4 Å². The summed E-state index contributed by atoms with van der Waals surface area (Å²) in [5, 5.41) is 0. The van der Waals surface area contributed by atoms with Gasteiger partial charge in [0.05, 0.1) is 4.90 Å². The number of carbonyl (C=O) groups is 1. The van der Waals surface area contributed by atoms with Crippen molar-refractivity contribution in [2.45, 2.75) is 37.6 Å². The minimum Gasteiger partial charge on any atom is -0.309 e. The maximum absolute atomic E-state index is 13.0. The standard InChI is InChI=1S/C18H19FN2O3S/c1-3-18(22)21-12(2)10-13-11-16(8-9-17(13)21)25(23,24)20-15-6-4-14(19)5-7-15/h4-9,11-12,20H,3,10H2,1-2H3/t12-/m0/s1. The minimum absolute atomic E-state index is 0.00506. The summed E-state index contributed by atoms with van der Waals surface area (Å²) in [4.78, 5) is 13.9. The molecule has 0 saturated heterocycles. The highest BCUT2D eigenvalue weighted by Crippen LogP contribution is 2.34. The average Bonchev–Trinajstić information content (AvgIpc) is 2.91. The minimum atomic E-state index is -3.78.